The van der Waals surface area contributed by atoms with Crippen molar-refractivity contribution in [1.29, 1.82) is 0 Å². The number of carbonyl (C=O) groups is 1. The largest absolute Gasteiger partial charge is 0.335 e. The van der Waals surface area contributed by atoms with E-state index in [1.165, 1.54) is 41.5 Å². The number of carbonyl (C=O) groups excluding carboxylic acids is 1. The van der Waals surface area contributed by atoms with Crippen molar-refractivity contribution >= 4 is 5.91 Å². The summed E-state index contributed by atoms with van der Waals surface area (Å²) >= 11 is 0. The predicted molar refractivity (Wildman–Crippen MR) is 148 cm³/mol. The first kappa shape index (κ1) is 24.8. The van der Waals surface area contributed by atoms with Gasteiger partial charge in [-0.05, 0) is 61.4 Å². The van der Waals surface area contributed by atoms with E-state index in [2.05, 4.69) is 72.2 Å². The summed E-state index contributed by atoms with van der Waals surface area (Å²) in [5, 5.41) is 0. The molecule has 3 aromatic rings. The molecular weight excluding hydrogens is 440 g/mol. The van der Waals surface area contributed by atoms with Crippen LogP contribution in [0, 0.1) is 19.8 Å². The van der Waals surface area contributed by atoms with Crippen LogP contribution in [-0.2, 0) is 6.54 Å². The third kappa shape index (κ3) is 5.73. The predicted octanol–water partition coefficient (Wildman–Crippen LogP) is 6.99. The third-order valence-corrected chi connectivity index (χ3v) is 8.32. The number of aryl methyl sites for hydroxylation is 2. The number of hydrogen-bond acceptors (Lipinski definition) is 2. The highest BCUT2D eigenvalue weighted by Gasteiger charge is 2.38. The van der Waals surface area contributed by atoms with Crippen LogP contribution in [0.5, 0.6) is 0 Å². The van der Waals surface area contributed by atoms with E-state index in [1.54, 1.807) is 0 Å². The molecule has 1 saturated heterocycles. The average Bonchev–Trinajstić information content (AvgIpc) is 3.30. The maximum absolute atomic E-state index is 13.9. The Labute approximate surface area is 217 Å². The maximum Gasteiger partial charge on any atom is 0.254 e. The van der Waals surface area contributed by atoms with Gasteiger partial charge in [-0.1, -0.05) is 91.6 Å². The number of benzene rings is 3. The van der Waals surface area contributed by atoms with E-state index in [4.69, 9.17) is 0 Å². The van der Waals surface area contributed by atoms with Gasteiger partial charge >= 0.3 is 0 Å². The molecule has 0 bridgehead atoms. The number of nitrogens with zero attached hydrogens (tertiary/aromatic N) is 2. The smallest absolute Gasteiger partial charge is 0.254 e. The van der Waals surface area contributed by atoms with Crippen LogP contribution in [0.25, 0.3) is 0 Å². The molecule has 1 aliphatic heterocycles. The summed E-state index contributed by atoms with van der Waals surface area (Å²) < 4.78 is 0. The Morgan fingerprint density at radius 2 is 1.61 bits per heavy atom. The van der Waals surface area contributed by atoms with E-state index in [0.717, 1.165) is 44.6 Å². The molecule has 0 aromatic heterocycles. The Bertz CT molecular complexity index is 1150. The van der Waals surface area contributed by atoms with E-state index in [-0.39, 0.29) is 5.91 Å². The molecule has 3 nitrogen and oxygen atoms in total. The van der Waals surface area contributed by atoms with Gasteiger partial charge in [0.05, 0.1) is 0 Å². The van der Waals surface area contributed by atoms with Crippen LogP contribution >= 0.6 is 0 Å². The van der Waals surface area contributed by atoms with Gasteiger partial charge in [0.1, 0.15) is 0 Å². The minimum absolute atomic E-state index is 0.211. The molecule has 5 rings (SSSR count). The molecule has 1 aliphatic carbocycles. The van der Waals surface area contributed by atoms with Crippen LogP contribution < -0.4 is 0 Å². The quantitative estimate of drug-likeness (QED) is 0.364. The van der Waals surface area contributed by atoms with Crippen molar-refractivity contribution in [3.63, 3.8) is 0 Å². The number of amides is 1. The van der Waals surface area contributed by atoms with Gasteiger partial charge in [-0.3, -0.25) is 9.69 Å². The van der Waals surface area contributed by atoms with Crippen LogP contribution in [0.4, 0.5) is 0 Å². The lowest BCUT2D eigenvalue weighted by molar-refractivity contribution is 0.0588. The molecule has 0 spiro atoms. The highest BCUT2D eigenvalue weighted by Crippen LogP contribution is 2.37. The van der Waals surface area contributed by atoms with Crippen molar-refractivity contribution in [3.05, 3.63) is 107 Å². The van der Waals surface area contributed by atoms with Crippen molar-refractivity contribution in [3.8, 4) is 0 Å². The fourth-order valence-corrected chi connectivity index (χ4v) is 6.49. The molecule has 0 N–H and O–H groups in total. The Balaban J connectivity index is 1.43. The second-order valence-corrected chi connectivity index (χ2v) is 11.0. The molecule has 1 amide bonds. The molecule has 2 fully saturated rings. The van der Waals surface area contributed by atoms with Crippen molar-refractivity contribution in [2.75, 3.05) is 19.6 Å². The Morgan fingerprint density at radius 1 is 0.861 bits per heavy atom. The summed E-state index contributed by atoms with van der Waals surface area (Å²) in [5.74, 6) is 1.07. The summed E-state index contributed by atoms with van der Waals surface area (Å²) in [6.07, 6.45) is 6.02. The summed E-state index contributed by atoms with van der Waals surface area (Å²) in [7, 11) is 0. The van der Waals surface area contributed by atoms with Gasteiger partial charge in [0.2, 0.25) is 0 Å². The number of rotatable bonds is 7. The average molecular weight is 481 g/mol. The maximum atomic E-state index is 13.9. The molecule has 188 valence electrons. The Morgan fingerprint density at radius 3 is 2.36 bits per heavy atom. The SMILES string of the molecule is Cc1cccc(CN2CC(CN(C(=O)c3ccccc3)C3CCCCC3)C(c3ccccc3C)C2)c1. The molecule has 3 heteroatoms. The Hall–Kier alpha value is -2.91. The monoisotopic (exact) mass is 480 g/mol. The van der Waals surface area contributed by atoms with Gasteiger partial charge in [-0.2, -0.15) is 0 Å². The number of hydrogen-bond donors (Lipinski definition) is 0. The summed E-state index contributed by atoms with van der Waals surface area (Å²) in [6, 6.07) is 28.1. The normalized spacial score (nSPS) is 20.9. The zero-order valence-corrected chi connectivity index (χ0v) is 21.9. The van der Waals surface area contributed by atoms with Crippen molar-refractivity contribution in [1.82, 2.24) is 9.80 Å². The minimum Gasteiger partial charge on any atom is -0.335 e. The second kappa shape index (κ2) is 11.4. The Kier molecular flexibility index (Phi) is 7.87. The van der Waals surface area contributed by atoms with E-state index >= 15 is 0 Å². The zero-order chi connectivity index (χ0) is 24.9. The zero-order valence-electron chi connectivity index (χ0n) is 21.9. The summed E-state index contributed by atoms with van der Waals surface area (Å²) in [5.41, 5.74) is 6.33. The molecule has 2 aliphatic rings. The van der Waals surface area contributed by atoms with Gasteiger partial charge in [-0.25, -0.2) is 0 Å². The van der Waals surface area contributed by atoms with Crippen LogP contribution in [0.3, 0.4) is 0 Å². The lowest BCUT2D eigenvalue weighted by Gasteiger charge is -2.37. The minimum atomic E-state index is 0.211. The van der Waals surface area contributed by atoms with Crippen molar-refractivity contribution in [2.45, 2.75) is 64.5 Å². The van der Waals surface area contributed by atoms with Crippen molar-refractivity contribution < 1.29 is 4.79 Å². The van der Waals surface area contributed by atoms with E-state index in [1.807, 2.05) is 30.3 Å². The summed E-state index contributed by atoms with van der Waals surface area (Å²) in [4.78, 5) is 18.7. The molecule has 1 heterocycles. The highest BCUT2D eigenvalue weighted by atomic mass is 16.2. The first-order valence-corrected chi connectivity index (χ1v) is 13.8. The first-order valence-electron chi connectivity index (χ1n) is 13.8. The lowest BCUT2D eigenvalue weighted by atomic mass is 9.85. The van der Waals surface area contributed by atoms with Crippen LogP contribution in [0.15, 0.2) is 78.9 Å². The lowest BCUT2D eigenvalue weighted by Crippen LogP contribution is -2.45. The molecule has 1 saturated carbocycles. The summed E-state index contributed by atoms with van der Waals surface area (Å²) in [6.45, 7) is 8.28. The van der Waals surface area contributed by atoms with Crippen LogP contribution in [0.2, 0.25) is 0 Å². The fourth-order valence-electron chi connectivity index (χ4n) is 6.49. The van der Waals surface area contributed by atoms with Gasteiger partial charge < -0.3 is 4.90 Å². The van der Waals surface area contributed by atoms with E-state index < -0.39 is 0 Å². The van der Waals surface area contributed by atoms with E-state index in [0.29, 0.717) is 17.9 Å². The molecule has 0 radical (unpaired) electrons. The molecule has 36 heavy (non-hydrogen) atoms. The van der Waals surface area contributed by atoms with Gasteiger partial charge in [0, 0.05) is 43.7 Å². The second-order valence-electron chi connectivity index (χ2n) is 11.0. The van der Waals surface area contributed by atoms with Gasteiger partial charge in [0.15, 0.2) is 0 Å². The van der Waals surface area contributed by atoms with Crippen LogP contribution in [0.1, 0.15) is 70.6 Å². The third-order valence-electron chi connectivity index (χ3n) is 8.32. The molecule has 2 atom stereocenters. The fraction of sp³-hybridized carbons (Fsp3) is 0.424. The molecule has 3 aromatic carbocycles. The van der Waals surface area contributed by atoms with Gasteiger partial charge in [0.25, 0.3) is 5.91 Å². The molecular formula is C33H40N2O. The first-order chi connectivity index (χ1) is 17.6. The van der Waals surface area contributed by atoms with Crippen LogP contribution in [-0.4, -0.2) is 41.4 Å². The van der Waals surface area contributed by atoms with Gasteiger partial charge in [-0.15, -0.1) is 0 Å². The molecule has 2 unspecified atom stereocenters. The topological polar surface area (TPSA) is 23.6 Å². The highest BCUT2D eigenvalue weighted by molar-refractivity contribution is 5.94. The number of likely N-dealkylation sites (tertiary alicyclic amines) is 1. The van der Waals surface area contributed by atoms with Crippen molar-refractivity contribution in [2.24, 2.45) is 5.92 Å². The standard InChI is InChI=1S/C33H40N2O/c1-25-12-11-14-27(20-25)21-34-22-29(32(24-34)31-19-10-9-13-26(31)2)23-35(30-17-7-4-8-18-30)33(36)28-15-5-3-6-16-28/h3,5-6,9-16,19-20,29-30,32H,4,7-8,17-18,21-24H2,1-2H3. The van der Waals surface area contributed by atoms with E-state index in [9.17, 15) is 4.79 Å².